The minimum atomic E-state index is -0.128. The number of hydrogen-bond acceptors (Lipinski definition) is 3. The second-order valence-corrected chi connectivity index (χ2v) is 3.56. The molecule has 0 unspecified atom stereocenters. The Bertz CT molecular complexity index is 189. The molecule has 0 aromatic carbocycles. The van der Waals surface area contributed by atoms with Crippen LogP contribution in [0.15, 0.2) is 11.8 Å². The van der Waals surface area contributed by atoms with Crippen LogP contribution in [0.2, 0.25) is 0 Å². The van der Waals surface area contributed by atoms with E-state index in [4.69, 9.17) is 14.2 Å². The molecule has 0 aromatic heterocycles. The molecule has 1 heterocycles. The fourth-order valence-electron chi connectivity index (χ4n) is 1.44. The average Bonchev–Trinajstić information content (AvgIpc) is 2.17. The Kier molecular flexibility index (Phi) is 4.98. The summed E-state index contributed by atoms with van der Waals surface area (Å²) in [6.07, 6.45) is 5.01. The lowest BCUT2D eigenvalue weighted by molar-refractivity contribution is -0.144. The van der Waals surface area contributed by atoms with E-state index in [1.807, 2.05) is 13.0 Å². The smallest absolute Gasteiger partial charge is 0.202 e. The average molecular weight is 200 g/mol. The Labute approximate surface area is 86.0 Å². The van der Waals surface area contributed by atoms with Gasteiger partial charge in [0.05, 0.1) is 18.5 Å². The number of hydrogen-bond donors (Lipinski definition) is 0. The van der Waals surface area contributed by atoms with Gasteiger partial charge in [0.15, 0.2) is 0 Å². The Hall–Kier alpha value is -0.540. The van der Waals surface area contributed by atoms with Crippen molar-refractivity contribution in [2.24, 2.45) is 0 Å². The van der Waals surface area contributed by atoms with Crippen LogP contribution in [0, 0.1) is 0 Å². The molecule has 3 nitrogen and oxygen atoms in total. The summed E-state index contributed by atoms with van der Waals surface area (Å²) in [4.78, 5) is 0. The quantitative estimate of drug-likeness (QED) is 0.638. The lowest BCUT2D eigenvalue weighted by Gasteiger charge is -2.27. The van der Waals surface area contributed by atoms with Gasteiger partial charge in [-0.2, -0.15) is 0 Å². The molecule has 0 aliphatic carbocycles. The van der Waals surface area contributed by atoms with Crippen LogP contribution in [-0.4, -0.2) is 26.1 Å². The summed E-state index contributed by atoms with van der Waals surface area (Å²) in [6, 6.07) is 0. The Balaban J connectivity index is 2.30. The molecule has 0 bridgehead atoms. The second-order valence-electron chi connectivity index (χ2n) is 3.56. The Morgan fingerprint density at radius 1 is 1.57 bits per heavy atom. The molecule has 3 heteroatoms. The van der Waals surface area contributed by atoms with Gasteiger partial charge >= 0.3 is 0 Å². The highest BCUT2D eigenvalue weighted by molar-refractivity contribution is 4.99. The summed E-state index contributed by atoms with van der Waals surface area (Å²) in [5, 5.41) is 0. The number of allylic oxidation sites excluding steroid dienone is 1. The molecule has 1 rings (SSSR count). The predicted octanol–water partition coefficient (Wildman–Crippen LogP) is 2.47. The van der Waals surface area contributed by atoms with Crippen LogP contribution >= 0.6 is 0 Å². The topological polar surface area (TPSA) is 27.7 Å². The Morgan fingerprint density at radius 3 is 3.00 bits per heavy atom. The summed E-state index contributed by atoms with van der Waals surface area (Å²) in [5.41, 5.74) is 0. The SMILES string of the molecule is CCCCO[C@@H]1C[C@H](OC)C=C(C)O1. The molecule has 1 aliphatic rings. The fraction of sp³-hybridized carbons (Fsp3) is 0.818. The lowest BCUT2D eigenvalue weighted by atomic mass is 10.2. The molecule has 0 radical (unpaired) electrons. The number of unbranched alkanes of at least 4 members (excludes halogenated alkanes) is 1. The van der Waals surface area contributed by atoms with Crippen LogP contribution in [0.1, 0.15) is 33.1 Å². The third-order valence-electron chi connectivity index (χ3n) is 2.27. The molecular formula is C11H20O3. The number of ether oxygens (including phenoxy) is 3. The van der Waals surface area contributed by atoms with Crippen molar-refractivity contribution in [1.82, 2.24) is 0 Å². The van der Waals surface area contributed by atoms with Crippen molar-refractivity contribution in [2.45, 2.75) is 45.5 Å². The van der Waals surface area contributed by atoms with E-state index in [0.29, 0.717) is 0 Å². The van der Waals surface area contributed by atoms with Gasteiger partial charge < -0.3 is 14.2 Å². The maximum Gasteiger partial charge on any atom is 0.202 e. The molecule has 82 valence electrons. The molecule has 0 aromatic rings. The van der Waals surface area contributed by atoms with Crippen LogP contribution in [0.3, 0.4) is 0 Å². The molecule has 0 N–H and O–H groups in total. The van der Waals surface area contributed by atoms with Crippen molar-refractivity contribution in [2.75, 3.05) is 13.7 Å². The van der Waals surface area contributed by atoms with Gasteiger partial charge in [0.25, 0.3) is 0 Å². The molecule has 14 heavy (non-hydrogen) atoms. The van der Waals surface area contributed by atoms with Gasteiger partial charge in [0.1, 0.15) is 0 Å². The third-order valence-corrected chi connectivity index (χ3v) is 2.27. The molecule has 0 saturated heterocycles. The van der Waals surface area contributed by atoms with Crippen LogP contribution in [0.4, 0.5) is 0 Å². The van der Waals surface area contributed by atoms with E-state index in [1.54, 1.807) is 7.11 Å². The molecular weight excluding hydrogens is 180 g/mol. The van der Waals surface area contributed by atoms with E-state index < -0.39 is 0 Å². The van der Waals surface area contributed by atoms with Gasteiger partial charge in [-0.1, -0.05) is 13.3 Å². The zero-order valence-corrected chi connectivity index (χ0v) is 9.29. The van der Waals surface area contributed by atoms with Crippen molar-refractivity contribution in [3.05, 3.63) is 11.8 Å². The van der Waals surface area contributed by atoms with Gasteiger partial charge in [-0.15, -0.1) is 0 Å². The first-order valence-corrected chi connectivity index (χ1v) is 5.25. The highest BCUT2D eigenvalue weighted by Crippen LogP contribution is 2.19. The van der Waals surface area contributed by atoms with E-state index >= 15 is 0 Å². The Morgan fingerprint density at radius 2 is 2.36 bits per heavy atom. The minimum absolute atomic E-state index is 0.128. The van der Waals surface area contributed by atoms with Crippen molar-refractivity contribution < 1.29 is 14.2 Å². The molecule has 0 spiro atoms. The summed E-state index contributed by atoms with van der Waals surface area (Å²) in [7, 11) is 1.71. The summed E-state index contributed by atoms with van der Waals surface area (Å²) >= 11 is 0. The molecule has 2 atom stereocenters. The summed E-state index contributed by atoms with van der Waals surface area (Å²) in [5.74, 6) is 0.893. The zero-order chi connectivity index (χ0) is 10.4. The molecule has 0 saturated carbocycles. The van der Waals surface area contributed by atoms with Gasteiger partial charge in [0, 0.05) is 13.5 Å². The van der Waals surface area contributed by atoms with Crippen LogP contribution < -0.4 is 0 Å². The lowest BCUT2D eigenvalue weighted by Crippen LogP contribution is -2.28. The second kappa shape index (κ2) is 6.04. The maximum atomic E-state index is 5.58. The van der Waals surface area contributed by atoms with E-state index in [9.17, 15) is 0 Å². The minimum Gasteiger partial charge on any atom is -0.470 e. The van der Waals surface area contributed by atoms with Gasteiger partial charge in [-0.3, -0.25) is 0 Å². The standard InChI is InChI=1S/C11H20O3/c1-4-5-6-13-11-8-10(12-3)7-9(2)14-11/h7,10-11H,4-6,8H2,1-3H3/t10-,11+/m1/s1. The number of rotatable bonds is 5. The maximum absolute atomic E-state index is 5.58. The molecule has 0 amide bonds. The van der Waals surface area contributed by atoms with Crippen molar-refractivity contribution >= 4 is 0 Å². The first kappa shape index (κ1) is 11.5. The fourth-order valence-corrected chi connectivity index (χ4v) is 1.44. The van der Waals surface area contributed by atoms with E-state index in [2.05, 4.69) is 6.92 Å². The van der Waals surface area contributed by atoms with Crippen molar-refractivity contribution in [1.29, 1.82) is 0 Å². The van der Waals surface area contributed by atoms with Crippen molar-refractivity contribution in [3.8, 4) is 0 Å². The van der Waals surface area contributed by atoms with E-state index in [0.717, 1.165) is 31.6 Å². The predicted molar refractivity (Wildman–Crippen MR) is 54.9 cm³/mol. The van der Waals surface area contributed by atoms with Gasteiger partial charge in [-0.05, 0) is 19.4 Å². The van der Waals surface area contributed by atoms with E-state index in [-0.39, 0.29) is 12.4 Å². The summed E-state index contributed by atoms with van der Waals surface area (Å²) in [6.45, 7) is 4.85. The first-order valence-electron chi connectivity index (χ1n) is 5.25. The van der Waals surface area contributed by atoms with Crippen LogP contribution in [0.25, 0.3) is 0 Å². The highest BCUT2D eigenvalue weighted by atomic mass is 16.7. The summed E-state index contributed by atoms with van der Waals surface area (Å²) < 4.78 is 16.4. The normalized spacial score (nSPS) is 26.9. The number of methoxy groups -OCH3 is 1. The third kappa shape index (κ3) is 3.68. The highest BCUT2D eigenvalue weighted by Gasteiger charge is 2.21. The van der Waals surface area contributed by atoms with Crippen molar-refractivity contribution in [3.63, 3.8) is 0 Å². The van der Waals surface area contributed by atoms with Gasteiger partial charge in [0.2, 0.25) is 6.29 Å². The van der Waals surface area contributed by atoms with Gasteiger partial charge in [-0.25, -0.2) is 0 Å². The zero-order valence-electron chi connectivity index (χ0n) is 9.29. The molecule has 1 aliphatic heterocycles. The van der Waals surface area contributed by atoms with Crippen LogP contribution in [-0.2, 0) is 14.2 Å². The molecule has 0 fully saturated rings. The van der Waals surface area contributed by atoms with Crippen LogP contribution in [0.5, 0.6) is 0 Å². The monoisotopic (exact) mass is 200 g/mol. The largest absolute Gasteiger partial charge is 0.470 e. The first-order chi connectivity index (χ1) is 6.76. The van der Waals surface area contributed by atoms with E-state index in [1.165, 1.54) is 0 Å².